The molecule has 5 heteroatoms. The number of hydrogen-bond acceptors (Lipinski definition) is 5. The Morgan fingerprint density at radius 3 is 2.79 bits per heavy atom. The van der Waals surface area contributed by atoms with Gasteiger partial charge in [0.15, 0.2) is 0 Å². The first-order valence-electron chi connectivity index (χ1n) is 9.82. The number of hydrogen-bond donors (Lipinski definition) is 0. The fourth-order valence-electron chi connectivity index (χ4n) is 4.25. The molecule has 0 spiro atoms. The quantitative estimate of drug-likeness (QED) is 0.688. The summed E-state index contributed by atoms with van der Waals surface area (Å²) in [5, 5.41) is 0.603. The molecule has 2 aromatic carbocycles. The van der Waals surface area contributed by atoms with Crippen LogP contribution in [-0.2, 0) is 11.3 Å². The van der Waals surface area contributed by atoms with Crippen molar-refractivity contribution in [2.24, 2.45) is 0 Å². The van der Waals surface area contributed by atoms with Gasteiger partial charge in [-0.25, -0.2) is 0 Å². The first-order valence-corrected chi connectivity index (χ1v) is 9.82. The number of aryl methyl sites for hydroxylation is 1. The van der Waals surface area contributed by atoms with Gasteiger partial charge in [0.05, 0.1) is 22.6 Å². The molecule has 2 aliphatic rings. The Morgan fingerprint density at radius 2 is 2.00 bits per heavy atom. The molecule has 1 atom stereocenters. The van der Waals surface area contributed by atoms with Gasteiger partial charge in [0.1, 0.15) is 23.8 Å². The standard InChI is InChI=1S/C23H23NO4/c1-15-21(16-6-3-2-4-7-16)22(25)18-9-10-20-19(23(18)28-15)13-24(14-27-20)12-17-8-5-11-26-17/h2-4,6-7,9-10,17H,5,8,11-14H2,1H3/t17-/m0/s1. The van der Waals surface area contributed by atoms with E-state index >= 15 is 0 Å². The fourth-order valence-corrected chi connectivity index (χ4v) is 4.25. The van der Waals surface area contributed by atoms with E-state index in [1.54, 1.807) is 0 Å². The lowest BCUT2D eigenvalue weighted by Gasteiger charge is -2.30. The summed E-state index contributed by atoms with van der Waals surface area (Å²) in [6.07, 6.45) is 2.47. The van der Waals surface area contributed by atoms with Crippen molar-refractivity contribution in [3.05, 3.63) is 64.0 Å². The van der Waals surface area contributed by atoms with Crippen LogP contribution in [0.25, 0.3) is 22.1 Å². The zero-order valence-electron chi connectivity index (χ0n) is 15.9. The summed E-state index contributed by atoms with van der Waals surface area (Å²) in [5.74, 6) is 1.43. The van der Waals surface area contributed by atoms with Crippen LogP contribution in [0.1, 0.15) is 24.2 Å². The van der Waals surface area contributed by atoms with Crippen LogP contribution >= 0.6 is 0 Å². The molecule has 1 aromatic heterocycles. The van der Waals surface area contributed by atoms with Crippen molar-refractivity contribution >= 4 is 11.0 Å². The number of benzene rings is 2. The van der Waals surface area contributed by atoms with Crippen molar-refractivity contribution in [1.29, 1.82) is 0 Å². The van der Waals surface area contributed by atoms with E-state index in [0.717, 1.165) is 42.9 Å². The lowest BCUT2D eigenvalue weighted by molar-refractivity contribution is 0.0281. The highest BCUT2D eigenvalue weighted by atomic mass is 16.5. The summed E-state index contributed by atoms with van der Waals surface area (Å²) in [7, 11) is 0. The van der Waals surface area contributed by atoms with Crippen LogP contribution in [0.4, 0.5) is 0 Å². The first-order chi connectivity index (χ1) is 13.7. The Kier molecular flexibility index (Phi) is 4.41. The molecular formula is C23H23NO4. The number of rotatable bonds is 3. The SMILES string of the molecule is Cc1oc2c3c(ccc2c(=O)c1-c1ccccc1)OCN(C[C@@H]1CCCO1)C3. The van der Waals surface area contributed by atoms with Gasteiger partial charge in [0.25, 0.3) is 0 Å². The smallest absolute Gasteiger partial charge is 0.200 e. The predicted molar refractivity (Wildman–Crippen MR) is 108 cm³/mol. The number of ether oxygens (including phenoxy) is 2. The third kappa shape index (κ3) is 3.01. The Labute approximate surface area is 163 Å². The van der Waals surface area contributed by atoms with E-state index < -0.39 is 0 Å². The molecule has 1 saturated heterocycles. The van der Waals surface area contributed by atoms with Crippen LogP contribution in [0.2, 0.25) is 0 Å². The molecular weight excluding hydrogens is 354 g/mol. The van der Waals surface area contributed by atoms with Crippen LogP contribution in [-0.4, -0.2) is 30.9 Å². The van der Waals surface area contributed by atoms with Crippen LogP contribution in [0.5, 0.6) is 5.75 Å². The number of nitrogens with zero attached hydrogens (tertiary/aromatic N) is 1. The molecule has 3 aromatic rings. The van der Waals surface area contributed by atoms with Crippen LogP contribution < -0.4 is 10.2 Å². The third-order valence-electron chi connectivity index (χ3n) is 5.63. The van der Waals surface area contributed by atoms with E-state index in [1.165, 1.54) is 0 Å². The summed E-state index contributed by atoms with van der Waals surface area (Å²) in [6, 6.07) is 13.4. The van der Waals surface area contributed by atoms with Crippen molar-refractivity contribution in [3.8, 4) is 16.9 Å². The predicted octanol–water partition coefficient (Wildman–Crippen LogP) is 4.10. The molecule has 5 nitrogen and oxygen atoms in total. The largest absolute Gasteiger partial charge is 0.478 e. The highest BCUT2D eigenvalue weighted by Gasteiger charge is 2.26. The van der Waals surface area contributed by atoms with E-state index in [-0.39, 0.29) is 11.5 Å². The maximum absolute atomic E-state index is 13.3. The van der Waals surface area contributed by atoms with Crippen molar-refractivity contribution in [3.63, 3.8) is 0 Å². The van der Waals surface area contributed by atoms with E-state index in [9.17, 15) is 4.79 Å². The number of fused-ring (bicyclic) bond motifs is 3. The monoisotopic (exact) mass is 377 g/mol. The van der Waals surface area contributed by atoms with E-state index in [2.05, 4.69) is 4.90 Å². The van der Waals surface area contributed by atoms with Crippen LogP contribution in [0, 0.1) is 6.92 Å². The van der Waals surface area contributed by atoms with E-state index in [1.807, 2.05) is 49.4 Å². The minimum absolute atomic E-state index is 0.00370. The topological polar surface area (TPSA) is 51.9 Å². The van der Waals surface area contributed by atoms with Gasteiger partial charge in [-0.1, -0.05) is 30.3 Å². The third-order valence-corrected chi connectivity index (χ3v) is 5.63. The zero-order chi connectivity index (χ0) is 19.1. The minimum Gasteiger partial charge on any atom is -0.478 e. The molecule has 0 saturated carbocycles. The molecule has 2 aliphatic heterocycles. The fraction of sp³-hybridized carbons (Fsp3) is 0.348. The zero-order valence-corrected chi connectivity index (χ0v) is 15.9. The maximum Gasteiger partial charge on any atom is 0.200 e. The molecule has 0 aliphatic carbocycles. The second kappa shape index (κ2) is 7.08. The first kappa shape index (κ1) is 17.5. The minimum atomic E-state index is 0.00370. The van der Waals surface area contributed by atoms with Gasteiger partial charge >= 0.3 is 0 Å². The van der Waals surface area contributed by atoms with Gasteiger partial charge in [-0.05, 0) is 37.5 Å². The molecule has 0 unspecified atom stereocenters. The van der Waals surface area contributed by atoms with Gasteiger partial charge in [-0.2, -0.15) is 0 Å². The lowest BCUT2D eigenvalue weighted by atomic mass is 10.0. The molecule has 0 amide bonds. The molecule has 144 valence electrons. The molecule has 1 fully saturated rings. The van der Waals surface area contributed by atoms with Gasteiger partial charge in [-0.15, -0.1) is 0 Å². The van der Waals surface area contributed by atoms with Crippen molar-refractivity contribution in [1.82, 2.24) is 4.90 Å². The molecule has 0 bridgehead atoms. The van der Waals surface area contributed by atoms with Gasteiger partial charge in [0, 0.05) is 19.7 Å². The molecule has 0 radical (unpaired) electrons. The van der Waals surface area contributed by atoms with Crippen LogP contribution in [0.15, 0.2) is 51.7 Å². The van der Waals surface area contributed by atoms with Crippen LogP contribution in [0.3, 0.4) is 0 Å². The Bertz CT molecular complexity index is 1070. The highest BCUT2D eigenvalue weighted by molar-refractivity contribution is 5.86. The van der Waals surface area contributed by atoms with E-state index in [4.69, 9.17) is 13.9 Å². The van der Waals surface area contributed by atoms with Gasteiger partial charge in [0.2, 0.25) is 5.43 Å². The molecule has 5 rings (SSSR count). The highest BCUT2D eigenvalue weighted by Crippen LogP contribution is 2.34. The second-order valence-electron chi connectivity index (χ2n) is 7.57. The molecule has 28 heavy (non-hydrogen) atoms. The summed E-state index contributed by atoms with van der Waals surface area (Å²) < 4.78 is 17.9. The Hall–Kier alpha value is -2.63. The van der Waals surface area contributed by atoms with Crippen molar-refractivity contribution in [2.75, 3.05) is 19.9 Å². The van der Waals surface area contributed by atoms with E-state index in [0.29, 0.717) is 35.6 Å². The van der Waals surface area contributed by atoms with Gasteiger partial charge < -0.3 is 13.9 Å². The summed E-state index contributed by atoms with van der Waals surface area (Å²) >= 11 is 0. The Balaban J connectivity index is 1.57. The summed E-state index contributed by atoms with van der Waals surface area (Å²) in [5.41, 5.74) is 3.09. The summed E-state index contributed by atoms with van der Waals surface area (Å²) in [6.45, 7) is 4.76. The van der Waals surface area contributed by atoms with Gasteiger partial charge in [-0.3, -0.25) is 9.69 Å². The van der Waals surface area contributed by atoms with Crippen molar-refractivity contribution < 1.29 is 13.9 Å². The summed E-state index contributed by atoms with van der Waals surface area (Å²) in [4.78, 5) is 15.5. The lowest BCUT2D eigenvalue weighted by Crippen LogP contribution is -2.37. The maximum atomic E-state index is 13.3. The Morgan fingerprint density at radius 1 is 1.14 bits per heavy atom. The average molecular weight is 377 g/mol. The second-order valence-corrected chi connectivity index (χ2v) is 7.57. The molecule has 0 N–H and O–H groups in total. The molecule has 3 heterocycles. The van der Waals surface area contributed by atoms with Crippen molar-refractivity contribution in [2.45, 2.75) is 32.4 Å². The average Bonchev–Trinajstić information content (AvgIpc) is 3.22. The normalized spacial score (nSPS) is 19.5.